The lowest BCUT2D eigenvalue weighted by atomic mass is 9.88. The number of fused-ring (bicyclic) bond motifs is 1. The Kier molecular flexibility index (Phi) is 5.61. The van der Waals surface area contributed by atoms with Crippen molar-refractivity contribution in [3.05, 3.63) is 53.9 Å². The zero-order valence-corrected chi connectivity index (χ0v) is 16.2. The molecule has 0 radical (unpaired) electrons. The SMILES string of the molecule is CCN(CC)CCN1CC(O)(c2cccnc2)c2c(OBr)cccc21. The molecule has 0 amide bonds. The fourth-order valence-electron chi connectivity index (χ4n) is 3.55. The van der Waals surface area contributed by atoms with E-state index in [9.17, 15) is 5.11 Å². The summed E-state index contributed by atoms with van der Waals surface area (Å²) < 4.78 is 5.39. The molecule has 0 saturated carbocycles. The van der Waals surface area contributed by atoms with Crippen LogP contribution in [0, 0.1) is 0 Å². The number of aromatic nitrogens is 1. The summed E-state index contributed by atoms with van der Waals surface area (Å²) in [5.74, 6) is 0.634. The van der Waals surface area contributed by atoms with E-state index in [0.717, 1.165) is 43.0 Å². The van der Waals surface area contributed by atoms with Crippen molar-refractivity contribution in [2.75, 3.05) is 37.6 Å². The molecule has 1 unspecified atom stereocenters. The van der Waals surface area contributed by atoms with Crippen LogP contribution in [0.25, 0.3) is 0 Å². The van der Waals surface area contributed by atoms with Crippen LogP contribution in [0.3, 0.4) is 0 Å². The van der Waals surface area contributed by atoms with Gasteiger partial charge >= 0.3 is 0 Å². The van der Waals surface area contributed by atoms with Crippen LogP contribution in [-0.2, 0) is 5.60 Å². The summed E-state index contributed by atoms with van der Waals surface area (Å²) in [6, 6.07) is 9.62. The van der Waals surface area contributed by atoms with Gasteiger partial charge < -0.3 is 18.7 Å². The number of hydrogen-bond donors (Lipinski definition) is 1. The molecule has 1 N–H and O–H groups in total. The lowest BCUT2D eigenvalue weighted by Gasteiger charge is -2.27. The number of pyridine rings is 1. The van der Waals surface area contributed by atoms with Gasteiger partial charge in [0.1, 0.15) is 11.4 Å². The molecule has 2 heterocycles. The van der Waals surface area contributed by atoms with Crippen LogP contribution in [0.2, 0.25) is 0 Å². The average Bonchev–Trinajstić information content (AvgIpc) is 2.97. The number of halogens is 1. The van der Waals surface area contributed by atoms with Crippen molar-refractivity contribution in [1.29, 1.82) is 0 Å². The third-order valence-corrected chi connectivity index (χ3v) is 5.33. The van der Waals surface area contributed by atoms with Crippen molar-refractivity contribution in [3.8, 4) is 5.75 Å². The summed E-state index contributed by atoms with van der Waals surface area (Å²) in [6.45, 7) is 8.68. The Hall–Kier alpha value is -1.63. The molecule has 0 bridgehead atoms. The van der Waals surface area contributed by atoms with E-state index in [1.54, 1.807) is 12.4 Å². The highest BCUT2D eigenvalue weighted by atomic mass is 79.9. The van der Waals surface area contributed by atoms with Gasteiger partial charge in [0.15, 0.2) is 16.3 Å². The van der Waals surface area contributed by atoms with Gasteiger partial charge in [0.05, 0.1) is 12.1 Å². The Morgan fingerprint density at radius 3 is 2.72 bits per heavy atom. The molecule has 2 aromatic rings. The zero-order valence-electron chi connectivity index (χ0n) is 14.7. The molecule has 0 saturated heterocycles. The first-order valence-electron chi connectivity index (χ1n) is 8.66. The van der Waals surface area contributed by atoms with Crippen molar-refractivity contribution < 1.29 is 8.93 Å². The van der Waals surface area contributed by atoms with Crippen molar-refractivity contribution in [2.45, 2.75) is 19.4 Å². The average molecular weight is 406 g/mol. The first-order chi connectivity index (χ1) is 12.1. The van der Waals surface area contributed by atoms with Gasteiger partial charge in [-0.15, -0.1) is 0 Å². The van der Waals surface area contributed by atoms with Crippen LogP contribution in [0.4, 0.5) is 5.69 Å². The number of rotatable bonds is 7. The Morgan fingerprint density at radius 2 is 2.08 bits per heavy atom. The Bertz CT molecular complexity index is 709. The number of β-amino-alcohol motifs (C(OH)–C–C–N with tert-alkyl or cyclic N) is 1. The number of likely N-dealkylation sites (N-methyl/N-ethyl adjacent to an activating group) is 1. The molecule has 0 spiro atoms. The quantitative estimate of drug-likeness (QED) is 0.766. The molecule has 1 atom stereocenters. The van der Waals surface area contributed by atoms with E-state index < -0.39 is 5.60 Å². The summed E-state index contributed by atoms with van der Waals surface area (Å²) in [7, 11) is 0. The molecule has 1 aromatic carbocycles. The summed E-state index contributed by atoms with van der Waals surface area (Å²) in [6.07, 6.45) is 3.44. The Morgan fingerprint density at radius 1 is 1.28 bits per heavy atom. The molecular weight excluding hydrogens is 382 g/mol. The molecular formula is C19H24BrN3O2. The van der Waals surface area contributed by atoms with E-state index in [2.05, 4.69) is 44.9 Å². The fraction of sp³-hybridized carbons (Fsp3) is 0.421. The summed E-state index contributed by atoms with van der Waals surface area (Å²) in [5, 5.41) is 11.6. The highest BCUT2D eigenvalue weighted by Gasteiger charge is 2.45. The first-order valence-corrected chi connectivity index (χ1v) is 9.31. The standard InChI is InChI=1S/C19H24BrN3O2/c1-3-22(4-2)11-12-23-14-19(24,15-7-6-10-21-13-15)18-16(23)8-5-9-17(18)25-20/h5-10,13,24H,3-4,11-12,14H2,1-2H3. The molecule has 3 rings (SSSR count). The van der Waals surface area contributed by atoms with Gasteiger partial charge in [-0.05, 0) is 31.3 Å². The number of hydrogen-bond acceptors (Lipinski definition) is 5. The predicted molar refractivity (Wildman–Crippen MR) is 103 cm³/mol. The molecule has 134 valence electrons. The fourth-order valence-corrected chi connectivity index (χ4v) is 3.82. The topological polar surface area (TPSA) is 48.8 Å². The molecule has 6 heteroatoms. The van der Waals surface area contributed by atoms with E-state index in [1.807, 2.05) is 30.3 Å². The largest absolute Gasteiger partial charge is 0.418 e. The van der Waals surface area contributed by atoms with Crippen LogP contribution in [0.15, 0.2) is 42.7 Å². The number of benzene rings is 1. The number of nitrogens with zero attached hydrogens (tertiary/aromatic N) is 3. The highest BCUT2D eigenvalue weighted by Crippen LogP contribution is 2.48. The Labute approximate surface area is 157 Å². The van der Waals surface area contributed by atoms with E-state index in [-0.39, 0.29) is 0 Å². The zero-order chi connectivity index (χ0) is 17.9. The van der Waals surface area contributed by atoms with E-state index >= 15 is 0 Å². The molecule has 1 aromatic heterocycles. The summed E-state index contributed by atoms with van der Waals surface area (Å²) >= 11 is 3.09. The van der Waals surface area contributed by atoms with Crippen LogP contribution in [-0.4, -0.2) is 47.7 Å². The van der Waals surface area contributed by atoms with Crippen molar-refractivity contribution in [3.63, 3.8) is 0 Å². The van der Waals surface area contributed by atoms with Crippen LogP contribution in [0.1, 0.15) is 25.0 Å². The number of aliphatic hydroxyl groups is 1. The smallest absolute Gasteiger partial charge is 0.179 e. The first kappa shape index (κ1) is 18.2. The predicted octanol–water partition coefficient (Wildman–Crippen LogP) is 3.17. The minimum atomic E-state index is -1.14. The molecule has 1 aliphatic rings. The van der Waals surface area contributed by atoms with Crippen molar-refractivity contribution >= 4 is 21.9 Å². The lowest BCUT2D eigenvalue weighted by Crippen LogP contribution is -2.39. The van der Waals surface area contributed by atoms with Crippen LogP contribution >= 0.6 is 16.3 Å². The lowest BCUT2D eigenvalue weighted by molar-refractivity contribution is 0.0959. The third-order valence-electron chi connectivity index (χ3n) is 4.98. The van der Waals surface area contributed by atoms with E-state index in [4.69, 9.17) is 3.83 Å². The second kappa shape index (κ2) is 7.72. The van der Waals surface area contributed by atoms with Crippen LogP contribution in [0.5, 0.6) is 5.75 Å². The maximum Gasteiger partial charge on any atom is 0.179 e. The monoisotopic (exact) mass is 405 g/mol. The third kappa shape index (κ3) is 3.38. The van der Waals surface area contributed by atoms with Gasteiger partial charge in [-0.2, -0.15) is 0 Å². The normalized spacial score (nSPS) is 19.3. The van der Waals surface area contributed by atoms with Gasteiger partial charge in [-0.3, -0.25) is 4.98 Å². The second-order valence-corrected chi connectivity index (χ2v) is 6.60. The van der Waals surface area contributed by atoms with Gasteiger partial charge in [-0.25, -0.2) is 0 Å². The summed E-state index contributed by atoms with van der Waals surface area (Å²) in [4.78, 5) is 8.80. The van der Waals surface area contributed by atoms with Crippen molar-refractivity contribution in [1.82, 2.24) is 9.88 Å². The van der Waals surface area contributed by atoms with Gasteiger partial charge in [0.2, 0.25) is 0 Å². The van der Waals surface area contributed by atoms with E-state index in [1.165, 1.54) is 0 Å². The van der Waals surface area contributed by atoms with Gasteiger partial charge in [0.25, 0.3) is 0 Å². The molecule has 0 fully saturated rings. The maximum absolute atomic E-state index is 11.6. The second-order valence-electron chi connectivity index (χ2n) is 6.28. The summed E-state index contributed by atoms with van der Waals surface area (Å²) in [5.41, 5.74) is 1.44. The van der Waals surface area contributed by atoms with E-state index in [0.29, 0.717) is 12.3 Å². The Balaban J connectivity index is 1.98. The minimum absolute atomic E-state index is 0.489. The molecule has 1 aliphatic heterocycles. The molecule has 0 aliphatic carbocycles. The van der Waals surface area contributed by atoms with Gasteiger partial charge in [0, 0.05) is 36.7 Å². The van der Waals surface area contributed by atoms with Gasteiger partial charge in [-0.1, -0.05) is 26.0 Å². The van der Waals surface area contributed by atoms with Crippen LogP contribution < -0.4 is 8.73 Å². The molecule has 25 heavy (non-hydrogen) atoms. The number of anilines is 1. The van der Waals surface area contributed by atoms with Crippen molar-refractivity contribution in [2.24, 2.45) is 0 Å². The highest BCUT2D eigenvalue weighted by molar-refractivity contribution is 9.06. The minimum Gasteiger partial charge on any atom is -0.418 e. The maximum atomic E-state index is 11.6. The molecule has 5 nitrogen and oxygen atoms in total.